The van der Waals surface area contributed by atoms with Crippen LogP contribution >= 0.6 is 0 Å². The smallest absolute Gasteiger partial charge is 0.206 e. The Labute approximate surface area is 654 Å². The van der Waals surface area contributed by atoms with E-state index in [2.05, 4.69) is 162 Å². The van der Waals surface area contributed by atoms with Gasteiger partial charge in [-0.25, -0.2) is 44.8 Å². The van der Waals surface area contributed by atoms with Gasteiger partial charge in [0, 0.05) is 29.8 Å². The highest BCUT2D eigenvalue weighted by atomic mass is 19.1. The first-order valence-electron chi connectivity index (χ1n) is 38.3. The Morgan fingerprint density at radius 2 is 0.604 bits per heavy atom. The van der Waals surface area contributed by atoms with Crippen LogP contribution in [0.5, 0.6) is 0 Å². The van der Waals surface area contributed by atoms with Crippen molar-refractivity contribution in [1.82, 2.24) is 0 Å². The van der Waals surface area contributed by atoms with Gasteiger partial charge in [0.2, 0.25) is 28.5 Å². The highest BCUT2D eigenvalue weighted by Crippen LogP contribution is 2.40. The minimum Gasteiger partial charge on any atom is -0.206 e. The quantitative estimate of drug-likeness (QED) is 0.117. The fourth-order valence-corrected chi connectivity index (χ4v) is 16.0. The molecule has 10 aromatic carbocycles. The van der Waals surface area contributed by atoms with Crippen LogP contribution < -0.4 is 22.8 Å². The van der Waals surface area contributed by atoms with Crippen LogP contribution in [0.25, 0.3) is 110 Å². The lowest BCUT2D eigenvalue weighted by molar-refractivity contribution is -0.659. The molecule has 0 aliphatic carbocycles. The molecule has 0 amide bonds. The van der Waals surface area contributed by atoms with Crippen LogP contribution in [0.2, 0.25) is 0 Å². The van der Waals surface area contributed by atoms with Crippen molar-refractivity contribution in [2.24, 2.45) is 35.2 Å². The fourth-order valence-electron chi connectivity index (χ4n) is 16.0. The van der Waals surface area contributed by atoms with E-state index in [-0.39, 0.29) is 29.1 Å². The summed E-state index contributed by atoms with van der Waals surface area (Å²) >= 11 is 0. The SMILES string of the molecule is Cc1cc(-c2c3ccccc3c(C(C)C)c[n+]2C)c(C)c(C)c1F.Cc1cc(C)c(F)c(-c2c3cccc(C)c3cc[n+]2C)c1C.Cc1cc(C)c(F)c(-c2c3ccccc3cc[n+]2C)c1C.Cc1ccc2c(-c3c(C)c(C)cc(C)c3F)[n+](C)ccc2c1.Cc1ccc2cc[n+](C)c(-c3c(C)c(C)cc(C)c3F)c2c1. The number of hydrogen-bond donors (Lipinski definition) is 0. The van der Waals surface area contributed by atoms with Gasteiger partial charge in [-0.1, -0.05) is 122 Å². The molecular weight excluding hydrogens is 1380 g/mol. The summed E-state index contributed by atoms with van der Waals surface area (Å²) in [7, 11) is 9.99. The van der Waals surface area contributed by atoms with E-state index in [0.29, 0.717) is 39.3 Å². The molecule has 0 fully saturated rings. The molecule has 0 atom stereocenters. The van der Waals surface area contributed by atoms with E-state index < -0.39 is 0 Å². The number of aryl methyl sites for hydroxylation is 17. The van der Waals surface area contributed by atoms with Crippen LogP contribution in [-0.2, 0) is 35.2 Å². The summed E-state index contributed by atoms with van der Waals surface area (Å²) in [5.41, 5.74) is 27.6. The summed E-state index contributed by atoms with van der Waals surface area (Å²) in [6.45, 7) is 39.9. The number of rotatable bonds is 6. The van der Waals surface area contributed by atoms with Crippen LogP contribution in [0.3, 0.4) is 0 Å². The summed E-state index contributed by atoms with van der Waals surface area (Å²) in [6, 6.07) is 53.5. The number of pyridine rings is 5. The number of nitrogens with zero attached hydrogens (tertiary/aromatic N) is 5. The van der Waals surface area contributed by atoms with E-state index in [0.717, 1.165) is 144 Å². The number of hydrogen-bond acceptors (Lipinski definition) is 0. The highest BCUT2D eigenvalue weighted by Gasteiger charge is 2.30. The number of aromatic nitrogens is 5. The van der Waals surface area contributed by atoms with Crippen molar-refractivity contribution < 1.29 is 44.8 Å². The summed E-state index contributed by atoms with van der Waals surface area (Å²) in [4.78, 5) is 0. The molecule has 566 valence electrons. The molecule has 0 bridgehead atoms. The third-order valence-electron chi connectivity index (χ3n) is 22.9. The maximum absolute atomic E-state index is 14.9. The van der Waals surface area contributed by atoms with E-state index in [1.165, 1.54) is 38.4 Å². The average Bonchev–Trinajstić information content (AvgIpc) is 0.802. The monoisotopic (exact) mass is 1480 g/mol. The van der Waals surface area contributed by atoms with Gasteiger partial charge in [0.1, 0.15) is 64.3 Å². The first-order chi connectivity index (χ1) is 52.5. The molecule has 5 nitrogen and oxygen atoms in total. The van der Waals surface area contributed by atoms with Crippen molar-refractivity contribution in [3.8, 4) is 56.3 Å². The Bertz CT molecular complexity index is 6030. The largest absolute Gasteiger partial charge is 0.223 e. The normalized spacial score (nSPS) is 11.2. The van der Waals surface area contributed by atoms with E-state index in [1.807, 2.05) is 224 Å². The van der Waals surface area contributed by atoms with Crippen LogP contribution in [0.15, 0.2) is 189 Å². The standard InChI is InChI=1S/C22H25FN.3C20H21FN.C19H19FN/c1-13(2)20-12-24(6)22(18-10-8-7-9-17(18)20)19-11-14(3)21(23)16(5)15(19)4;1-12-6-7-17-16(10-12)8-9-22(5)20(17)18-15(4)13(2)11-14(3)19(18)21;1-12-6-7-16-8-9-22(5)20(17(16)10-12)18-15(4)13(2)11-14(3)19(18)21;1-12-7-6-8-17-16(12)9-10-22(5)20(17)18-15(4)13(2)11-14(3)19(18)21;1-12-11-13(2)18(20)17(14(12)3)19-16-8-6-5-7-15(16)9-10-21(19)4/h7-13H,1-6H3;3*6-11H,1-5H3;5-11H,1-4H3/q5*+1. The van der Waals surface area contributed by atoms with Crippen molar-refractivity contribution in [2.75, 3.05) is 0 Å². The van der Waals surface area contributed by atoms with Crippen molar-refractivity contribution in [3.05, 3.63) is 324 Å². The van der Waals surface area contributed by atoms with Crippen LogP contribution in [-0.4, -0.2) is 0 Å². The molecule has 0 aliphatic rings. The van der Waals surface area contributed by atoms with Gasteiger partial charge in [-0.3, -0.25) is 0 Å². The number of benzene rings is 10. The Hall–Kier alpha value is -11.1. The maximum Gasteiger partial charge on any atom is 0.223 e. The molecule has 0 saturated carbocycles. The predicted octanol–water partition coefficient (Wildman–Crippen LogP) is 24.0. The van der Waals surface area contributed by atoms with Crippen molar-refractivity contribution in [2.45, 2.75) is 144 Å². The number of halogens is 5. The molecule has 0 radical (unpaired) electrons. The zero-order valence-corrected chi connectivity index (χ0v) is 69.6. The third-order valence-corrected chi connectivity index (χ3v) is 22.9. The second kappa shape index (κ2) is 32.8. The second-order valence-electron chi connectivity index (χ2n) is 31.3. The summed E-state index contributed by atoms with van der Waals surface area (Å²) in [5, 5.41) is 11.4. The van der Waals surface area contributed by atoms with E-state index in [4.69, 9.17) is 0 Å². The lowest BCUT2D eigenvalue weighted by Gasteiger charge is -2.15. The molecule has 15 aromatic rings. The molecule has 0 saturated heterocycles. The van der Waals surface area contributed by atoms with Crippen LogP contribution in [0.4, 0.5) is 22.0 Å². The topological polar surface area (TPSA) is 19.4 Å². The van der Waals surface area contributed by atoms with Gasteiger partial charge in [-0.15, -0.1) is 0 Å². The third kappa shape index (κ3) is 15.7. The number of fused-ring (bicyclic) bond motifs is 5. The van der Waals surface area contributed by atoms with Gasteiger partial charge in [0.25, 0.3) is 0 Å². The minimum atomic E-state index is -0.120. The lowest BCUT2D eigenvalue weighted by Crippen LogP contribution is -2.32. The molecule has 0 spiro atoms. The molecule has 5 heterocycles. The Morgan fingerprint density at radius 1 is 0.243 bits per heavy atom. The van der Waals surface area contributed by atoms with Gasteiger partial charge in [-0.2, -0.15) is 0 Å². The Balaban J connectivity index is 0.000000137. The zero-order chi connectivity index (χ0) is 80.8. The van der Waals surface area contributed by atoms with Crippen LogP contribution in [0, 0.1) is 154 Å². The lowest BCUT2D eigenvalue weighted by atomic mass is 9.91. The van der Waals surface area contributed by atoms with E-state index in [9.17, 15) is 22.0 Å². The van der Waals surface area contributed by atoms with Crippen molar-refractivity contribution >= 4 is 53.9 Å². The highest BCUT2D eigenvalue weighted by molar-refractivity contribution is 5.99. The fraction of sp³-hybridized carbons (Fsp3) is 0.257. The first kappa shape index (κ1) is 80.9. The molecular formula is C101H107F5N5+5. The maximum atomic E-state index is 14.9. The minimum absolute atomic E-state index is 0.0954. The predicted molar refractivity (Wildman–Crippen MR) is 452 cm³/mol. The van der Waals surface area contributed by atoms with E-state index in [1.54, 1.807) is 0 Å². The molecule has 111 heavy (non-hydrogen) atoms. The summed E-state index contributed by atoms with van der Waals surface area (Å²) < 4.78 is 84.1. The molecule has 0 aliphatic heterocycles. The van der Waals surface area contributed by atoms with Gasteiger partial charge >= 0.3 is 0 Å². The summed E-state index contributed by atoms with van der Waals surface area (Å²) in [6.07, 6.45) is 10.2. The molecule has 10 heteroatoms. The van der Waals surface area contributed by atoms with Gasteiger partial charge in [0.15, 0.2) is 31.0 Å². The molecule has 0 N–H and O–H groups in total. The van der Waals surface area contributed by atoms with E-state index >= 15 is 0 Å². The Kier molecular flexibility index (Phi) is 23.9. The van der Waals surface area contributed by atoms with Crippen molar-refractivity contribution in [1.29, 1.82) is 0 Å². The Morgan fingerprint density at radius 3 is 1.08 bits per heavy atom. The average molecular weight is 1490 g/mol. The molecule has 5 aromatic heterocycles. The van der Waals surface area contributed by atoms with Crippen molar-refractivity contribution in [3.63, 3.8) is 0 Å². The van der Waals surface area contributed by atoms with Gasteiger partial charge < -0.3 is 0 Å². The zero-order valence-electron chi connectivity index (χ0n) is 69.6. The second-order valence-corrected chi connectivity index (χ2v) is 31.3. The molecule has 0 unspecified atom stereocenters. The van der Waals surface area contributed by atoms with Gasteiger partial charge in [0.05, 0.1) is 54.7 Å². The summed E-state index contributed by atoms with van der Waals surface area (Å²) in [5.74, 6) is -0.118. The first-order valence-corrected chi connectivity index (χ1v) is 38.3. The molecule has 15 rings (SSSR count). The van der Waals surface area contributed by atoms with Gasteiger partial charge in [-0.05, 0) is 283 Å². The van der Waals surface area contributed by atoms with Crippen LogP contribution in [0.1, 0.15) is 125 Å².